The van der Waals surface area contributed by atoms with Crippen LogP contribution in [-0.2, 0) is 24.4 Å². The number of rotatable bonds is 9. The van der Waals surface area contributed by atoms with Gasteiger partial charge in [-0.1, -0.05) is 24.3 Å². The van der Waals surface area contributed by atoms with E-state index in [1.54, 1.807) is 7.05 Å². The van der Waals surface area contributed by atoms with Crippen molar-refractivity contribution in [3.05, 3.63) is 52.8 Å². The lowest BCUT2D eigenvalue weighted by molar-refractivity contribution is 0.133. The molecule has 26 heavy (non-hydrogen) atoms. The first-order valence-electron chi connectivity index (χ1n) is 9.24. The van der Waals surface area contributed by atoms with Gasteiger partial charge in [-0.25, -0.2) is 0 Å². The van der Waals surface area contributed by atoms with Crippen LogP contribution in [0.4, 0.5) is 0 Å². The second-order valence-corrected chi connectivity index (χ2v) is 6.26. The zero-order valence-electron chi connectivity index (χ0n) is 16.4. The van der Waals surface area contributed by atoms with Crippen LogP contribution in [0, 0.1) is 13.8 Å². The highest BCUT2D eigenvalue weighted by atomic mass is 16.5. The molecular formula is C20H31N5O. The Bertz CT molecular complexity index is 708. The Hall–Kier alpha value is -2.34. The first-order valence-corrected chi connectivity index (χ1v) is 9.24. The summed E-state index contributed by atoms with van der Waals surface area (Å²) in [5.41, 5.74) is 4.71. The molecule has 0 unspecified atom stereocenters. The summed E-state index contributed by atoms with van der Waals surface area (Å²) in [4.78, 5) is 4.30. The van der Waals surface area contributed by atoms with E-state index >= 15 is 0 Å². The summed E-state index contributed by atoms with van der Waals surface area (Å²) in [5, 5.41) is 11.2. The number of nitrogens with one attached hydrogen (secondary N) is 2. The standard InChI is InChI=1S/C20H31N5O/c1-5-26-15-19-10-7-6-9-18(19)14-23-20(21-4)22-11-8-12-25-17(3)13-16(2)24-25/h6-7,9-10,13H,5,8,11-12,14-15H2,1-4H3,(H2,21,22,23). The lowest BCUT2D eigenvalue weighted by Gasteiger charge is -2.14. The Balaban J connectivity index is 1.77. The van der Waals surface area contributed by atoms with E-state index in [2.05, 4.69) is 56.6 Å². The molecule has 0 aliphatic carbocycles. The van der Waals surface area contributed by atoms with E-state index in [1.165, 1.54) is 16.8 Å². The molecule has 1 aromatic carbocycles. The predicted molar refractivity (Wildman–Crippen MR) is 106 cm³/mol. The first kappa shape index (κ1) is 20.0. The third kappa shape index (κ3) is 6.19. The highest BCUT2D eigenvalue weighted by Crippen LogP contribution is 2.10. The van der Waals surface area contributed by atoms with Gasteiger partial charge in [0.1, 0.15) is 0 Å². The summed E-state index contributed by atoms with van der Waals surface area (Å²) in [7, 11) is 1.79. The zero-order chi connectivity index (χ0) is 18.8. The van der Waals surface area contributed by atoms with Crippen molar-refractivity contribution < 1.29 is 4.74 Å². The quantitative estimate of drug-likeness (QED) is 0.411. The Morgan fingerprint density at radius 1 is 1.19 bits per heavy atom. The van der Waals surface area contributed by atoms with Crippen LogP contribution in [0.3, 0.4) is 0 Å². The van der Waals surface area contributed by atoms with Crippen molar-refractivity contribution in [2.75, 3.05) is 20.2 Å². The number of benzene rings is 1. The average molecular weight is 358 g/mol. The molecule has 0 spiro atoms. The molecule has 2 rings (SSSR count). The van der Waals surface area contributed by atoms with Gasteiger partial charge in [-0.15, -0.1) is 0 Å². The molecule has 0 aliphatic rings. The molecule has 142 valence electrons. The van der Waals surface area contributed by atoms with Gasteiger partial charge >= 0.3 is 0 Å². The normalized spacial score (nSPS) is 11.6. The SMILES string of the molecule is CCOCc1ccccc1CNC(=NC)NCCCn1nc(C)cc1C. The highest BCUT2D eigenvalue weighted by Gasteiger charge is 2.04. The smallest absolute Gasteiger partial charge is 0.191 e. The Kier molecular flexibility index (Phi) is 8.15. The monoisotopic (exact) mass is 357 g/mol. The molecule has 0 amide bonds. The van der Waals surface area contributed by atoms with Crippen LogP contribution in [0.25, 0.3) is 0 Å². The summed E-state index contributed by atoms with van der Waals surface area (Å²) in [5.74, 6) is 0.810. The summed E-state index contributed by atoms with van der Waals surface area (Å²) in [6.45, 7) is 9.96. The second kappa shape index (κ2) is 10.6. The Morgan fingerprint density at radius 2 is 1.96 bits per heavy atom. The van der Waals surface area contributed by atoms with Gasteiger partial charge in [-0.3, -0.25) is 9.67 Å². The van der Waals surface area contributed by atoms with Crippen LogP contribution < -0.4 is 10.6 Å². The van der Waals surface area contributed by atoms with E-state index in [9.17, 15) is 0 Å². The Labute approximate surface area is 156 Å². The molecule has 0 atom stereocenters. The highest BCUT2D eigenvalue weighted by molar-refractivity contribution is 5.79. The molecule has 0 saturated heterocycles. The van der Waals surface area contributed by atoms with Crippen LogP contribution in [-0.4, -0.2) is 35.9 Å². The van der Waals surface area contributed by atoms with E-state index in [0.29, 0.717) is 6.61 Å². The van der Waals surface area contributed by atoms with Gasteiger partial charge in [0.05, 0.1) is 12.3 Å². The molecule has 6 nitrogen and oxygen atoms in total. The average Bonchev–Trinajstić information content (AvgIpc) is 2.97. The number of nitrogens with zero attached hydrogens (tertiary/aromatic N) is 3. The summed E-state index contributed by atoms with van der Waals surface area (Å²) in [6, 6.07) is 10.4. The third-order valence-corrected chi connectivity index (χ3v) is 4.19. The number of ether oxygens (including phenoxy) is 1. The van der Waals surface area contributed by atoms with E-state index in [-0.39, 0.29) is 0 Å². The topological polar surface area (TPSA) is 63.5 Å². The molecule has 0 radical (unpaired) electrons. The maximum absolute atomic E-state index is 5.54. The second-order valence-electron chi connectivity index (χ2n) is 6.26. The Morgan fingerprint density at radius 3 is 2.62 bits per heavy atom. The number of guanidine groups is 1. The van der Waals surface area contributed by atoms with Crippen LogP contribution in [0.1, 0.15) is 35.9 Å². The number of aliphatic imine (C=N–C) groups is 1. The van der Waals surface area contributed by atoms with Crippen molar-refractivity contribution in [2.45, 2.75) is 46.9 Å². The summed E-state index contributed by atoms with van der Waals surface area (Å²) < 4.78 is 7.60. The fraction of sp³-hybridized carbons (Fsp3) is 0.500. The lowest BCUT2D eigenvalue weighted by atomic mass is 10.1. The number of hydrogen-bond acceptors (Lipinski definition) is 3. The van der Waals surface area contributed by atoms with Crippen molar-refractivity contribution in [3.8, 4) is 0 Å². The molecule has 0 saturated carbocycles. The lowest BCUT2D eigenvalue weighted by Crippen LogP contribution is -2.37. The van der Waals surface area contributed by atoms with Crippen LogP contribution in [0.15, 0.2) is 35.3 Å². The van der Waals surface area contributed by atoms with E-state index in [1.807, 2.05) is 19.9 Å². The predicted octanol–water partition coefficient (Wildman–Crippen LogP) is 2.79. The molecule has 0 aliphatic heterocycles. The van der Waals surface area contributed by atoms with Crippen LogP contribution >= 0.6 is 0 Å². The van der Waals surface area contributed by atoms with Crippen LogP contribution in [0.2, 0.25) is 0 Å². The fourth-order valence-electron chi connectivity index (χ4n) is 2.82. The molecular weight excluding hydrogens is 326 g/mol. The van der Waals surface area contributed by atoms with Gasteiger partial charge < -0.3 is 15.4 Å². The maximum atomic E-state index is 5.54. The van der Waals surface area contributed by atoms with Gasteiger partial charge in [-0.05, 0) is 44.4 Å². The minimum atomic E-state index is 0.642. The number of aromatic nitrogens is 2. The van der Waals surface area contributed by atoms with Gasteiger partial charge in [-0.2, -0.15) is 5.10 Å². The van der Waals surface area contributed by atoms with Gasteiger partial charge in [0.15, 0.2) is 5.96 Å². The minimum Gasteiger partial charge on any atom is -0.377 e. The molecule has 1 heterocycles. The number of aryl methyl sites for hydroxylation is 3. The molecule has 2 aromatic rings. The largest absolute Gasteiger partial charge is 0.377 e. The van der Waals surface area contributed by atoms with Crippen molar-refractivity contribution >= 4 is 5.96 Å². The summed E-state index contributed by atoms with van der Waals surface area (Å²) >= 11 is 0. The van der Waals surface area contributed by atoms with Crippen molar-refractivity contribution in [1.82, 2.24) is 20.4 Å². The first-order chi connectivity index (χ1) is 12.6. The maximum Gasteiger partial charge on any atom is 0.191 e. The zero-order valence-corrected chi connectivity index (χ0v) is 16.4. The van der Waals surface area contributed by atoms with E-state index in [0.717, 1.165) is 44.3 Å². The molecule has 6 heteroatoms. The van der Waals surface area contributed by atoms with Gasteiger partial charge in [0.2, 0.25) is 0 Å². The molecule has 1 aromatic heterocycles. The van der Waals surface area contributed by atoms with Gasteiger partial charge in [0.25, 0.3) is 0 Å². The van der Waals surface area contributed by atoms with Crippen LogP contribution in [0.5, 0.6) is 0 Å². The molecule has 2 N–H and O–H groups in total. The van der Waals surface area contributed by atoms with E-state index in [4.69, 9.17) is 4.74 Å². The van der Waals surface area contributed by atoms with Crippen molar-refractivity contribution in [1.29, 1.82) is 0 Å². The summed E-state index contributed by atoms with van der Waals surface area (Å²) in [6.07, 6.45) is 0.990. The molecule has 0 bridgehead atoms. The van der Waals surface area contributed by atoms with Crippen molar-refractivity contribution in [3.63, 3.8) is 0 Å². The van der Waals surface area contributed by atoms with E-state index < -0.39 is 0 Å². The fourth-order valence-corrected chi connectivity index (χ4v) is 2.82. The third-order valence-electron chi connectivity index (χ3n) is 4.19. The number of hydrogen-bond donors (Lipinski definition) is 2. The minimum absolute atomic E-state index is 0.642. The molecule has 0 fully saturated rings. The van der Waals surface area contributed by atoms with Crippen molar-refractivity contribution in [2.24, 2.45) is 4.99 Å². The van der Waals surface area contributed by atoms with Gasteiger partial charge in [0, 0.05) is 39.0 Å².